The van der Waals surface area contributed by atoms with Crippen molar-refractivity contribution in [3.63, 3.8) is 0 Å². The van der Waals surface area contributed by atoms with Crippen LogP contribution < -0.4 is 15.8 Å². The minimum atomic E-state index is -4.35. The lowest BCUT2D eigenvalue weighted by Crippen LogP contribution is -2.37. The summed E-state index contributed by atoms with van der Waals surface area (Å²) in [6.07, 6.45) is 0.625. The lowest BCUT2D eigenvalue weighted by Gasteiger charge is -2.27. The molecule has 190 valence electrons. The van der Waals surface area contributed by atoms with Gasteiger partial charge in [0.2, 0.25) is 5.13 Å². The minimum absolute atomic E-state index is 0.0382. The molecule has 1 atom stereocenters. The third kappa shape index (κ3) is 4.88. The van der Waals surface area contributed by atoms with Crippen LogP contribution in [0.1, 0.15) is 23.1 Å². The smallest absolute Gasteiger partial charge is 0.408 e. The lowest BCUT2D eigenvalue weighted by atomic mass is 9.85. The molecule has 9 nitrogen and oxygen atoms in total. The molecule has 4 aromatic rings. The summed E-state index contributed by atoms with van der Waals surface area (Å²) in [5.74, 6) is -1.85. The number of oxazole rings is 1. The zero-order chi connectivity index (χ0) is 25.4. The molecule has 0 fully saturated rings. The fourth-order valence-electron chi connectivity index (χ4n) is 4.42. The van der Waals surface area contributed by atoms with E-state index in [2.05, 4.69) is 19.4 Å². The van der Waals surface area contributed by atoms with Gasteiger partial charge in [-0.25, -0.2) is 31.4 Å². The number of aryl methyl sites for hydroxylation is 1. The van der Waals surface area contributed by atoms with Crippen LogP contribution in [-0.4, -0.2) is 41.4 Å². The van der Waals surface area contributed by atoms with Gasteiger partial charge in [0.1, 0.15) is 17.0 Å². The second-order valence-corrected chi connectivity index (χ2v) is 10.8. The fraction of sp³-hybridized carbons (Fsp3) is 0.318. The third-order valence-electron chi connectivity index (χ3n) is 6.07. The summed E-state index contributed by atoms with van der Waals surface area (Å²) in [5, 5.41) is 2.84. The number of hydrogen-bond donors (Lipinski definition) is 2. The summed E-state index contributed by atoms with van der Waals surface area (Å²) in [6.45, 7) is -0.350. The van der Waals surface area contributed by atoms with Crippen molar-refractivity contribution >= 4 is 37.8 Å². The number of rotatable bonds is 8. The molecule has 36 heavy (non-hydrogen) atoms. The van der Waals surface area contributed by atoms with Gasteiger partial charge < -0.3 is 9.73 Å². The van der Waals surface area contributed by atoms with E-state index in [1.54, 1.807) is 0 Å². The highest BCUT2D eigenvalue weighted by atomic mass is 32.2. The van der Waals surface area contributed by atoms with E-state index in [9.17, 15) is 26.4 Å². The van der Waals surface area contributed by atoms with Gasteiger partial charge in [-0.15, -0.1) is 0 Å². The number of alkyl halides is 2. The number of nitrogens with zero attached hydrogens (tertiary/aromatic N) is 3. The number of fused-ring (bicyclic) bond motifs is 2. The molecule has 1 aliphatic rings. The predicted molar refractivity (Wildman–Crippen MR) is 127 cm³/mol. The maximum atomic E-state index is 15.0. The first kappa shape index (κ1) is 24.5. The van der Waals surface area contributed by atoms with Crippen molar-refractivity contribution in [1.29, 1.82) is 0 Å². The van der Waals surface area contributed by atoms with Crippen LogP contribution in [0.15, 0.2) is 50.8 Å². The van der Waals surface area contributed by atoms with Gasteiger partial charge in [0, 0.05) is 29.7 Å². The number of aromatic nitrogens is 3. The van der Waals surface area contributed by atoms with Crippen molar-refractivity contribution in [1.82, 2.24) is 19.2 Å². The van der Waals surface area contributed by atoms with Crippen LogP contribution in [0.5, 0.6) is 0 Å². The monoisotopic (exact) mass is 539 g/mol. The fourth-order valence-corrected chi connectivity index (χ4v) is 6.16. The van der Waals surface area contributed by atoms with Crippen molar-refractivity contribution in [2.75, 3.05) is 11.3 Å². The van der Waals surface area contributed by atoms with Gasteiger partial charge in [-0.1, -0.05) is 18.2 Å². The van der Waals surface area contributed by atoms with Crippen LogP contribution in [0.2, 0.25) is 0 Å². The Morgan fingerprint density at radius 2 is 2.11 bits per heavy atom. The van der Waals surface area contributed by atoms with Crippen LogP contribution >= 0.6 is 11.5 Å². The maximum Gasteiger partial charge on any atom is 0.420 e. The zero-order valence-corrected chi connectivity index (χ0v) is 20.2. The molecule has 0 spiro atoms. The summed E-state index contributed by atoms with van der Waals surface area (Å²) in [5.41, 5.74) is 2.77. The quantitative estimate of drug-likeness (QED) is 0.353. The van der Waals surface area contributed by atoms with Crippen LogP contribution in [-0.2, 0) is 29.4 Å². The predicted octanol–water partition coefficient (Wildman–Crippen LogP) is 3.15. The number of hydrogen-bond acceptors (Lipinski definition) is 8. The Bertz CT molecular complexity index is 1570. The SMILES string of the molecule is O=c1oc2cc(S(=O)(=O)Nc3ncns3)c(F)cc2n1Cc1cccc2c1CC(NCC(F)F)CC2. The first-order chi connectivity index (χ1) is 17.2. The Labute approximate surface area is 207 Å². The Balaban J connectivity index is 1.47. The molecule has 5 rings (SSSR count). The Hall–Kier alpha value is -3.23. The van der Waals surface area contributed by atoms with E-state index in [0.717, 1.165) is 46.7 Å². The molecule has 2 heterocycles. The van der Waals surface area contributed by atoms with Gasteiger partial charge in [0.25, 0.3) is 16.4 Å². The number of halogens is 3. The molecule has 0 aliphatic heterocycles. The summed E-state index contributed by atoms with van der Waals surface area (Å²) in [6, 6.07) is 7.39. The summed E-state index contributed by atoms with van der Waals surface area (Å²) in [7, 11) is -4.35. The molecule has 1 aliphatic carbocycles. The van der Waals surface area contributed by atoms with Crippen LogP contribution in [0.25, 0.3) is 11.1 Å². The molecular formula is C22H20F3N5O4S2. The van der Waals surface area contributed by atoms with Gasteiger partial charge >= 0.3 is 5.76 Å². The Kier molecular flexibility index (Phi) is 6.57. The Morgan fingerprint density at radius 3 is 2.86 bits per heavy atom. The molecule has 2 aromatic carbocycles. The van der Waals surface area contributed by atoms with Crippen molar-refractivity contribution in [3.05, 3.63) is 69.7 Å². The normalized spacial score (nSPS) is 15.9. The molecule has 14 heteroatoms. The van der Waals surface area contributed by atoms with Gasteiger partial charge in [0.05, 0.1) is 18.6 Å². The van der Waals surface area contributed by atoms with Crippen molar-refractivity contribution in [2.24, 2.45) is 0 Å². The van der Waals surface area contributed by atoms with Crippen LogP contribution in [0.3, 0.4) is 0 Å². The molecule has 1 unspecified atom stereocenters. The van der Waals surface area contributed by atoms with E-state index >= 15 is 0 Å². The first-order valence-corrected chi connectivity index (χ1v) is 13.2. The van der Waals surface area contributed by atoms with E-state index in [1.165, 1.54) is 4.57 Å². The van der Waals surface area contributed by atoms with Crippen LogP contribution in [0.4, 0.5) is 18.3 Å². The molecule has 0 amide bonds. The van der Waals surface area contributed by atoms with E-state index in [4.69, 9.17) is 4.42 Å². The summed E-state index contributed by atoms with van der Waals surface area (Å²) < 4.78 is 77.9. The summed E-state index contributed by atoms with van der Waals surface area (Å²) >= 11 is 0.784. The van der Waals surface area contributed by atoms with E-state index in [0.29, 0.717) is 19.3 Å². The van der Waals surface area contributed by atoms with Crippen LogP contribution in [0, 0.1) is 5.82 Å². The van der Waals surface area contributed by atoms with E-state index in [1.807, 2.05) is 18.2 Å². The van der Waals surface area contributed by atoms with Gasteiger partial charge in [-0.2, -0.15) is 4.37 Å². The van der Waals surface area contributed by atoms with E-state index < -0.39 is 39.5 Å². The Morgan fingerprint density at radius 1 is 1.28 bits per heavy atom. The number of sulfonamides is 1. The first-order valence-electron chi connectivity index (χ1n) is 10.9. The largest absolute Gasteiger partial charge is 0.420 e. The van der Waals surface area contributed by atoms with Gasteiger partial charge in [0.15, 0.2) is 5.58 Å². The third-order valence-corrected chi connectivity index (χ3v) is 8.13. The molecule has 0 saturated carbocycles. The average molecular weight is 540 g/mol. The number of nitrogens with one attached hydrogen (secondary N) is 2. The molecule has 0 saturated heterocycles. The highest BCUT2D eigenvalue weighted by Gasteiger charge is 2.25. The average Bonchev–Trinajstić information content (AvgIpc) is 3.44. The zero-order valence-electron chi connectivity index (χ0n) is 18.6. The van der Waals surface area contributed by atoms with Crippen molar-refractivity contribution in [3.8, 4) is 0 Å². The minimum Gasteiger partial charge on any atom is -0.408 e. The second-order valence-electron chi connectivity index (χ2n) is 8.35. The topological polar surface area (TPSA) is 119 Å². The van der Waals surface area contributed by atoms with E-state index in [-0.39, 0.29) is 28.8 Å². The standard InChI is InChI=1S/C22H20F3N5O4S2/c23-16-7-17-18(8-19(16)36(32,33)29-21-27-11-28-35-21)34-22(31)30(17)10-13-3-1-2-12-4-5-14(6-15(12)13)26-9-20(24)25/h1-3,7-8,11,14,20,26H,4-6,9-10H2,(H,27,28,29). The maximum absolute atomic E-state index is 15.0. The molecule has 0 radical (unpaired) electrons. The highest BCUT2D eigenvalue weighted by molar-refractivity contribution is 7.93. The highest BCUT2D eigenvalue weighted by Crippen LogP contribution is 2.28. The van der Waals surface area contributed by atoms with Crippen molar-refractivity contribution < 1.29 is 26.0 Å². The number of benzene rings is 2. The summed E-state index contributed by atoms with van der Waals surface area (Å²) in [4.78, 5) is 15.7. The molecule has 2 aromatic heterocycles. The van der Waals surface area contributed by atoms with Gasteiger partial charge in [-0.05, 0) is 36.0 Å². The lowest BCUT2D eigenvalue weighted by molar-refractivity contribution is 0.140. The van der Waals surface area contributed by atoms with Crippen molar-refractivity contribution in [2.45, 2.75) is 43.2 Å². The second kappa shape index (κ2) is 9.67. The molecule has 0 bridgehead atoms. The molecular weight excluding hydrogens is 519 g/mol. The molecule has 2 N–H and O–H groups in total. The number of anilines is 1. The van der Waals surface area contributed by atoms with Gasteiger partial charge in [-0.3, -0.25) is 9.29 Å².